The molecule has 0 spiro atoms. The number of carbonyl (C=O) groups excluding carboxylic acids is 2. The lowest BCUT2D eigenvalue weighted by atomic mass is 10.0. The normalized spacial score (nSPS) is 13.6. The number of ether oxygens (including phenoxy) is 1. The molecule has 5 nitrogen and oxygen atoms in total. The quantitative estimate of drug-likeness (QED) is 0.638. The largest absolute Gasteiger partial charge is 0.450 e. The first-order valence-electron chi connectivity index (χ1n) is 8.97. The van der Waals surface area contributed by atoms with Crippen LogP contribution in [-0.4, -0.2) is 34.9 Å². The Labute approximate surface area is 165 Å². The van der Waals surface area contributed by atoms with Gasteiger partial charge in [-0.2, -0.15) is 0 Å². The molecule has 140 valence electrons. The molecule has 0 saturated carbocycles. The van der Waals surface area contributed by atoms with Gasteiger partial charge in [0.2, 0.25) is 0 Å². The van der Waals surface area contributed by atoms with Crippen molar-refractivity contribution in [1.29, 1.82) is 0 Å². The van der Waals surface area contributed by atoms with Crippen molar-refractivity contribution in [3.05, 3.63) is 39.6 Å². The van der Waals surface area contributed by atoms with Crippen molar-refractivity contribution < 1.29 is 14.3 Å². The van der Waals surface area contributed by atoms with Crippen LogP contribution in [0.4, 0.5) is 4.79 Å². The summed E-state index contributed by atoms with van der Waals surface area (Å²) in [5, 5.41) is 0.967. The molecule has 3 heterocycles. The van der Waals surface area contributed by atoms with E-state index in [0.717, 1.165) is 37.0 Å². The SMILES string of the molecule is CCOC(=O)N1CCc2c(sc(CC(C)=O)c2-c2nc3ccccc3s2)C1. The number of hydrogen-bond acceptors (Lipinski definition) is 6. The van der Waals surface area contributed by atoms with Crippen LogP contribution in [0, 0.1) is 0 Å². The number of amides is 1. The molecule has 0 radical (unpaired) electrons. The van der Waals surface area contributed by atoms with Crippen molar-refractivity contribution in [2.75, 3.05) is 13.2 Å². The predicted octanol–water partition coefficient (Wildman–Crippen LogP) is 4.67. The third-order valence-electron chi connectivity index (χ3n) is 4.57. The number of aromatic nitrogens is 1. The van der Waals surface area contributed by atoms with E-state index in [9.17, 15) is 9.59 Å². The second-order valence-electron chi connectivity index (χ2n) is 6.54. The zero-order valence-electron chi connectivity index (χ0n) is 15.3. The molecule has 4 rings (SSSR count). The summed E-state index contributed by atoms with van der Waals surface area (Å²) in [6.45, 7) is 4.97. The van der Waals surface area contributed by atoms with Crippen LogP contribution < -0.4 is 0 Å². The van der Waals surface area contributed by atoms with Gasteiger partial charge in [0, 0.05) is 28.3 Å². The molecule has 3 aromatic rings. The minimum Gasteiger partial charge on any atom is -0.450 e. The van der Waals surface area contributed by atoms with Gasteiger partial charge in [0.25, 0.3) is 0 Å². The Bertz CT molecular complexity index is 989. The van der Waals surface area contributed by atoms with Gasteiger partial charge >= 0.3 is 6.09 Å². The molecule has 1 aliphatic heterocycles. The number of hydrogen-bond donors (Lipinski definition) is 0. The van der Waals surface area contributed by atoms with Crippen LogP contribution in [0.5, 0.6) is 0 Å². The highest BCUT2D eigenvalue weighted by Gasteiger charge is 2.29. The van der Waals surface area contributed by atoms with Crippen molar-refractivity contribution in [3.63, 3.8) is 0 Å². The van der Waals surface area contributed by atoms with Gasteiger partial charge in [-0.3, -0.25) is 4.79 Å². The molecular weight excluding hydrogens is 380 g/mol. The molecule has 0 bridgehead atoms. The van der Waals surface area contributed by atoms with E-state index in [-0.39, 0.29) is 11.9 Å². The number of rotatable bonds is 4. The van der Waals surface area contributed by atoms with Gasteiger partial charge in [-0.25, -0.2) is 9.78 Å². The molecule has 0 fully saturated rings. The van der Waals surface area contributed by atoms with Gasteiger partial charge < -0.3 is 9.64 Å². The fraction of sp³-hybridized carbons (Fsp3) is 0.350. The molecule has 1 amide bonds. The first kappa shape index (κ1) is 18.1. The lowest BCUT2D eigenvalue weighted by molar-refractivity contribution is -0.116. The monoisotopic (exact) mass is 400 g/mol. The molecule has 0 unspecified atom stereocenters. The number of carbonyl (C=O) groups is 2. The lowest BCUT2D eigenvalue weighted by Gasteiger charge is -2.26. The van der Waals surface area contributed by atoms with Crippen LogP contribution in [-0.2, 0) is 28.9 Å². The van der Waals surface area contributed by atoms with E-state index >= 15 is 0 Å². The van der Waals surface area contributed by atoms with E-state index in [1.807, 2.05) is 25.1 Å². The predicted molar refractivity (Wildman–Crippen MR) is 108 cm³/mol. The van der Waals surface area contributed by atoms with Crippen molar-refractivity contribution in [2.45, 2.75) is 33.2 Å². The van der Waals surface area contributed by atoms with Crippen LogP contribution in [0.2, 0.25) is 0 Å². The number of benzene rings is 1. The van der Waals surface area contributed by atoms with Gasteiger partial charge in [-0.1, -0.05) is 12.1 Å². The topological polar surface area (TPSA) is 59.5 Å². The third kappa shape index (κ3) is 3.49. The minimum atomic E-state index is -0.272. The van der Waals surface area contributed by atoms with E-state index in [1.54, 1.807) is 34.5 Å². The summed E-state index contributed by atoms with van der Waals surface area (Å²) in [7, 11) is 0. The van der Waals surface area contributed by atoms with Gasteiger partial charge in [0.05, 0.1) is 23.4 Å². The molecule has 1 aliphatic rings. The standard InChI is InChI=1S/C20H20N2O3S2/c1-3-25-20(24)22-9-8-13-17(11-22)26-16(10-12(2)23)18(13)19-21-14-6-4-5-7-15(14)27-19/h4-7H,3,8-11H2,1-2H3. The van der Waals surface area contributed by atoms with E-state index < -0.39 is 0 Å². The molecule has 0 aliphatic carbocycles. The smallest absolute Gasteiger partial charge is 0.410 e. The van der Waals surface area contributed by atoms with Crippen LogP contribution in [0.1, 0.15) is 29.2 Å². The molecule has 0 atom stereocenters. The van der Waals surface area contributed by atoms with E-state index in [2.05, 4.69) is 6.07 Å². The first-order chi connectivity index (χ1) is 13.1. The van der Waals surface area contributed by atoms with Crippen LogP contribution in [0.3, 0.4) is 0 Å². The van der Waals surface area contributed by atoms with Crippen LogP contribution in [0.15, 0.2) is 24.3 Å². The molecule has 27 heavy (non-hydrogen) atoms. The maximum absolute atomic E-state index is 12.1. The molecule has 1 aromatic carbocycles. The number of ketones is 1. The summed E-state index contributed by atoms with van der Waals surface area (Å²) < 4.78 is 6.29. The Morgan fingerprint density at radius 3 is 2.81 bits per heavy atom. The summed E-state index contributed by atoms with van der Waals surface area (Å²) in [5.74, 6) is 0.137. The lowest BCUT2D eigenvalue weighted by Crippen LogP contribution is -2.35. The highest BCUT2D eigenvalue weighted by molar-refractivity contribution is 7.22. The maximum atomic E-state index is 12.1. The van der Waals surface area contributed by atoms with Crippen molar-refractivity contribution in [3.8, 4) is 10.6 Å². The molecule has 7 heteroatoms. The van der Waals surface area contributed by atoms with Crippen LogP contribution in [0.25, 0.3) is 20.8 Å². The number of fused-ring (bicyclic) bond motifs is 2. The molecule has 0 saturated heterocycles. The van der Waals surface area contributed by atoms with E-state index in [1.165, 1.54) is 5.56 Å². The number of para-hydroxylation sites is 1. The van der Waals surface area contributed by atoms with Gasteiger partial charge in [-0.15, -0.1) is 22.7 Å². The fourth-order valence-corrected chi connectivity index (χ4v) is 5.98. The Morgan fingerprint density at radius 2 is 2.07 bits per heavy atom. The highest BCUT2D eigenvalue weighted by Crippen LogP contribution is 2.42. The zero-order chi connectivity index (χ0) is 19.0. The van der Waals surface area contributed by atoms with Crippen molar-refractivity contribution in [1.82, 2.24) is 9.88 Å². The zero-order valence-corrected chi connectivity index (χ0v) is 16.9. The molecule has 2 aromatic heterocycles. The van der Waals surface area contributed by atoms with E-state index in [0.29, 0.717) is 26.1 Å². The summed E-state index contributed by atoms with van der Waals surface area (Å²) in [6, 6.07) is 8.09. The fourth-order valence-electron chi connectivity index (χ4n) is 3.41. The van der Waals surface area contributed by atoms with Crippen molar-refractivity contribution >= 4 is 44.8 Å². The number of thiazole rings is 1. The summed E-state index contributed by atoms with van der Waals surface area (Å²) in [5.41, 5.74) is 3.32. The Morgan fingerprint density at radius 1 is 1.26 bits per heavy atom. The second kappa shape index (κ2) is 7.40. The average molecular weight is 401 g/mol. The second-order valence-corrected chi connectivity index (χ2v) is 8.76. The van der Waals surface area contributed by atoms with Crippen molar-refractivity contribution in [2.24, 2.45) is 0 Å². The van der Waals surface area contributed by atoms with E-state index in [4.69, 9.17) is 9.72 Å². The average Bonchev–Trinajstić information content (AvgIpc) is 3.20. The summed E-state index contributed by atoms with van der Waals surface area (Å²) >= 11 is 3.29. The van der Waals surface area contributed by atoms with Gasteiger partial charge in [0.15, 0.2) is 0 Å². The Kier molecular flexibility index (Phi) is 4.97. The Balaban J connectivity index is 1.77. The van der Waals surface area contributed by atoms with Gasteiger partial charge in [-0.05, 0) is 38.0 Å². The Hall–Kier alpha value is -2.25. The summed E-state index contributed by atoms with van der Waals surface area (Å²) in [6.07, 6.45) is 0.891. The summed E-state index contributed by atoms with van der Waals surface area (Å²) in [4.78, 5) is 32.7. The molecule has 0 N–H and O–H groups in total. The highest BCUT2D eigenvalue weighted by atomic mass is 32.1. The number of nitrogens with zero attached hydrogens (tertiary/aromatic N) is 2. The third-order valence-corrected chi connectivity index (χ3v) is 6.84. The minimum absolute atomic E-state index is 0.137. The number of thiophene rings is 1. The molecular formula is C20H20N2O3S2. The number of Topliss-reactive ketones (excluding diaryl/α,β-unsaturated/α-hetero) is 1. The van der Waals surface area contributed by atoms with Crippen LogP contribution >= 0.6 is 22.7 Å². The maximum Gasteiger partial charge on any atom is 0.410 e. The van der Waals surface area contributed by atoms with Gasteiger partial charge in [0.1, 0.15) is 10.8 Å². The first-order valence-corrected chi connectivity index (χ1v) is 10.6.